The molecule has 98 valence electrons. The molecule has 1 unspecified atom stereocenters. The van der Waals surface area contributed by atoms with Crippen molar-refractivity contribution < 1.29 is 8.42 Å². The van der Waals surface area contributed by atoms with Gasteiger partial charge in [-0.05, 0) is 37.8 Å². The lowest BCUT2D eigenvalue weighted by Gasteiger charge is -2.30. The lowest BCUT2D eigenvalue weighted by Crippen LogP contribution is -2.32. The number of hydrogen-bond acceptors (Lipinski definition) is 3. The van der Waals surface area contributed by atoms with Crippen molar-refractivity contribution in [3.8, 4) is 0 Å². The first-order valence-corrected chi connectivity index (χ1v) is 7.90. The molecule has 0 radical (unpaired) electrons. The Morgan fingerprint density at radius 3 is 2.12 bits per heavy atom. The number of rotatable bonds is 7. The predicted molar refractivity (Wildman–Crippen MR) is 70.4 cm³/mol. The van der Waals surface area contributed by atoms with Crippen LogP contribution in [0.1, 0.15) is 40.5 Å². The van der Waals surface area contributed by atoms with Gasteiger partial charge in [-0.3, -0.25) is 0 Å². The van der Waals surface area contributed by atoms with Gasteiger partial charge in [0, 0.05) is 5.75 Å². The quantitative estimate of drug-likeness (QED) is 0.751. The molecule has 0 amide bonds. The van der Waals surface area contributed by atoms with Gasteiger partial charge in [0.1, 0.15) is 9.84 Å². The first-order chi connectivity index (χ1) is 7.23. The summed E-state index contributed by atoms with van der Waals surface area (Å²) in [6.07, 6.45) is 1.47. The molecule has 0 rings (SSSR count). The van der Waals surface area contributed by atoms with Crippen LogP contribution in [0.15, 0.2) is 0 Å². The summed E-state index contributed by atoms with van der Waals surface area (Å²) >= 11 is 0. The topological polar surface area (TPSA) is 46.2 Å². The van der Waals surface area contributed by atoms with Gasteiger partial charge in [-0.1, -0.05) is 27.7 Å². The minimum atomic E-state index is -2.83. The summed E-state index contributed by atoms with van der Waals surface area (Å²) in [5.74, 6) is 1.05. The molecule has 0 aliphatic carbocycles. The first-order valence-electron chi connectivity index (χ1n) is 6.08. The van der Waals surface area contributed by atoms with E-state index in [0.29, 0.717) is 23.8 Å². The molecule has 1 atom stereocenters. The molecule has 3 nitrogen and oxygen atoms in total. The molecular formula is C12H27NO2S. The SMILES string of the molecule is CCCS(=O)(=O)CCC(CNC)C(C)(C)C. The van der Waals surface area contributed by atoms with Crippen molar-refractivity contribution in [1.82, 2.24) is 5.32 Å². The summed E-state index contributed by atoms with van der Waals surface area (Å²) in [6.45, 7) is 9.29. The van der Waals surface area contributed by atoms with E-state index in [9.17, 15) is 8.42 Å². The normalized spacial score (nSPS) is 15.1. The third-order valence-electron chi connectivity index (χ3n) is 2.97. The Labute approximate surface area is 101 Å². The molecule has 0 aliphatic rings. The van der Waals surface area contributed by atoms with Crippen LogP contribution in [0.4, 0.5) is 0 Å². The van der Waals surface area contributed by atoms with Crippen molar-refractivity contribution in [2.75, 3.05) is 25.1 Å². The van der Waals surface area contributed by atoms with Crippen LogP contribution in [-0.2, 0) is 9.84 Å². The maximum Gasteiger partial charge on any atom is 0.150 e. The van der Waals surface area contributed by atoms with Gasteiger partial charge in [0.15, 0.2) is 0 Å². The van der Waals surface area contributed by atoms with Crippen LogP contribution >= 0.6 is 0 Å². The minimum absolute atomic E-state index is 0.157. The number of nitrogens with one attached hydrogen (secondary N) is 1. The summed E-state index contributed by atoms with van der Waals surface area (Å²) in [5.41, 5.74) is 0.157. The Balaban J connectivity index is 4.33. The van der Waals surface area contributed by atoms with Gasteiger partial charge < -0.3 is 5.32 Å². The van der Waals surface area contributed by atoms with E-state index in [1.54, 1.807) is 0 Å². The molecule has 0 saturated carbocycles. The first kappa shape index (κ1) is 15.9. The van der Waals surface area contributed by atoms with E-state index >= 15 is 0 Å². The van der Waals surface area contributed by atoms with Gasteiger partial charge in [0.05, 0.1) is 5.75 Å². The molecule has 0 aromatic heterocycles. The Kier molecular flexibility index (Phi) is 6.56. The smallest absolute Gasteiger partial charge is 0.150 e. The van der Waals surface area contributed by atoms with Crippen molar-refractivity contribution in [3.05, 3.63) is 0 Å². The fourth-order valence-electron chi connectivity index (χ4n) is 1.82. The highest BCUT2D eigenvalue weighted by Gasteiger charge is 2.25. The summed E-state index contributed by atoms with van der Waals surface area (Å²) in [6, 6.07) is 0. The van der Waals surface area contributed by atoms with Crippen molar-refractivity contribution in [1.29, 1.82) is 0 Å². The monoisotopic (exact) mass is 249 g/mol. The maximum atomic E-state index is 11.6. The van der Waals surface area contributed by atoms with E-state index in [2.05, 4.69) is 26.1 Å². The Morgan fingerprint density at radius 2 is 1.75 bits per heavy atom. The van der Waals surface area contributed by atoms with E-state index in [1.165, 1.54) is 0 Å². The highest BCUT2D eigenvalue weighted by Crippen LogP contribution is 2.28. The molecule has 4 heteroatoms. The van der Waals surface area contributed by atoms with Crippen molar-refractivity contribution in [3.63, 3.8) is 0 Å². The molecule has 0 aromatic carbocycles. The molecule has 0 bridgehead atoms. The third-order valence-corrected chi connectivity index (χ3v) is 4.86. The zero-order valence-electron chi connectivity index (χ0n) is 11.3. The fraction of sp³-hybridized carbons (Fsp3) is 1.00. The zero-order chi connectivity index (χ0) is 12.8. The van der Waals surface area contributed by atoms with Crippen LogP contribution in [0.3, 0.4) is 0 Å². The average Bonchev–Trinajstić information content (AvgIpc) is 2.10. The molecule has 0 heterocycles. The molecule has 0 aromatic rings. The second kappa shape index (κ2) is 6.60. The average molecular weight is 249 g/mol. The van der Waals surface area contributed by atoms with Crippen molar-refractivity contribution >= 4 is 9.84 Å². The largest absolute Gasteiger partial charge is 0.319 e. The second-order valence-corrected chi connectivity index (χ2v) is 7.86. The molecule has 0 spiro atoms. The van der Waals surface area contributed by atoms with Gasteiger partial charge in [-0.2, -0.15) is 0 Å². The number of sulfone groups is 1. The van der Waals surface area contributed by atoms with Gasteiger partial charge in [0.2, 0.25) is 0 Å². The van der Waals surface area contributed by atoms with E-state index < -0.39 is 9.84 Å². The molecule has 16 heavy (non-hydrogen) atoms. The van der Waals surface area contributed by atoms with E-state index in [1.807, 2.05) is 14.0 Å². The van der Waals surface area contributed by atoms with Crippen LogP contribution < -0.4 is 5.32 Å². The van der Waals surface area contributed by atoms with Crippen LogP contribution in [0.25, 0.3) is 0 Å². The zero-order valence-corrected chi connectivity index (χ0v) is 12.2. The van der Waals surface area contributed by atoms with Gasteiger partial charge in [-0.25, -0.2) is 8.42 Å². The fourth-order valence-corrected chi connectivity index (χ4v) is 3.29. The lowest BCUT2D eigenvalue weighted by molar-refractivity contribution is 0.230. The van der Waals surface area contributed by atoms with Crippen molar-refractivity contribution in [2.24, 2.45) is 11.3 Å². The highest BCUT2D eigenvalue weighted by molar-refractivity contribution is 7.91. The van der Waals surface area contributed by atoms with E-state index in [-0.39, 0.29) is 5.41 Å². The summed E-state index contributed by atoms with van der Waals surface area (Å²) in [7, 11) is -0.917. The van der Waals surface area contributed by atoms with Crippen molar-refractivity contribution in [2.45, 2.75) is 40.5 Å². The number of hydrogen-bond donors (Lipinski definition) is 1. The van der Waals surface area contributed by atoms with Gasteiger partial charge in [0.25, 0.3) is 0 Å². The van der Waals surface area contributed by atoms with E-state index in [4.69, 9.17) is 0 Å². The Bertz CT molecular complexity index is 278. The Morgan fingerprint density at radius 1 is 1.19 bits per heavy atom. The molecule has 1 N–H and O–H groups in total. The molecule has 0 saturated heterocycles. The Hall–Kier alpha value is -0.0900. The highest BCUT2D eigenvalue weighted by atomic mass is 32.2. The van der Waals surface area contributed by atoms with Crippen LogP contribution in [-0.4, -0.2) is 33.5 Å². The second-order valence-electron chi connectivity index (χ2n) is 5.56. The minimum Gasteiger partial charge on any atom is -0.319 e. The van der Waals surface area contributed by atoms with Gasteiger partial charge in [-0.15, -0.1) is 0 Å². The maximum absolute atomic E-state index is 11.6. The summed E-state index contributed by atoms with van der Waals surface area (Å²) in [4.78, 5) is 0. The lowest BCUT2D eigenvalue weighted by atomic mass is 9.79. The van der Waals surface area contributed by atoms with Crippen LogP contribution in [0.2, 0.25) is 0 Å². The molecule has 0 aliphatic heterocycles. The summed E-state index contributed by atoms with van der Waals surface area (Å²) in [5, 5.41) is 3.15. The predicted octanol–water partition coefficient (Wildman–Crippen LogP) is 2.08. The van der Waals surface area contributed by atoms with Gasteiger partial charge >= 0.3 is 0 Å². The molecule has 0 fully saturated rings. The van der Waals surface area contributed by atoms with Crippen LogP contribution in [0.5, 0.6) is 0 Å². The molecular weight excluding hydrogens is 222 g/mol. The van der Waals surface area contributed by atoms with Crippen LogP contribution in [0, 0.1) is 11.3 Å². The standard InChI is InChI=1S/C12H27NO2S/c1-6-8-16(14,15)9-7-11(10-13-5)12(2,3)4/h11,13H,6-10H2,1-5H3. The summed E-state index contributed by atoms with van der Waals surface area (Å²) < 4.78 is 23.3. The third kappa shape index (κ3) is 6.48. The van der Waals surface area contributed by atoms with E-state index in [0.717, 1.165) is 13.0 Å².